The highest BCUT2D eigenvalue weighted by Crippen LogP contribution is 2.34. The molecule has 12 heteroatoms. The Hall–Kier alpha value is -3.51. The second-order valence-corrected chi connectivity index (χ2v) is 10.2. The van der Waals surface area contributed by atoms with E-state index in [-0.39, 0.29) is 28.9 Å². The number of rotatable bonds is 3. The molecule has 0 radical (unpaired) electrons. The molecule has 0 bridgehead atoms. The summed E-state index contributed by atoms with van der Waals surface area (Å²) in [5, 5.41) is 4.08. The SMILES string of the molecule is CCO[C@@H]1C[C@H]2CN(C(=O)c3ccc4c(c3)S(=O)(=O)Nc3ncnn3-4)Cc3cccnc3N2C1. The summed E-state index contributed by atoms with van der Waals surface area (Å²) >= 11 is 0. The molecule has 0 saturated carbocycles. The lowest BCUT2D eigenvalue weighted by molar-refractivity contribution is 0.0678. The number of anilines is 2. The van der Waals surface area contributed by atoms with Gasteiger partial charge in [0.2, 0.25) is 5.95 Å². The maximum atomic E-state index is 13.7. The molecule has 1 fully saturated rings. The minimum absolute atomic E-state index is 0.00728. The molecule has 176 valence electrons. The first-order valence-electron chi connectivity index (χ1n) is 11.1. The van der Waals surface area contributed by atoms with Crippen molar-refractivity contribution in [2.24, 2.45) is 0 Å². The number of ether oxygens (including phenoxy) is 1. The summed E-state index contributed by atoms with van der Waals surface area (Å²) in [5.74, 6) is 0.758. The fraction of sp³-hybridized carbons (Fsp3) is 0.364. The van der Waals surface area contributed by atoms with Gasteiger partial charge in [-0.3, -0.25) is 4.79 Å². The van der Waals surface area contributed by atoms with Crippen molar-refractivity contribution in [3.05, 3.63) is 54.0 Å². The number of aromatic nitrogens is 4. The van der Waals surface area contributed by atoms with Gasteiger partial charge in [-0.05, 0) is 37.6 Å². The first-order valence-corrected chi connectivity index (χ1v) is 12.6. The fourth-order valence-corrected chi connectivity index (χ4v) is 6.24. The predicted octanol–water partition coefficient (Wildman–Crippen LogP) is 1.42. The quantitative estimate of drug-likeness (QED) is 0.596. The molecule has 3 aliphatic heterocycles. The van der Waals surface area contributed by atoms with Crippen LogP contribution in [-0.2, 0) is 21.3 Å². The van der Waals surface area contributed by atoms with E-state index in [1.807, 2.05) is 19.1 Å². The second kappa shape index (κ2) is 7.77. The third kappa shape index (κ3) is 3.32. The van der Waals surface area contributed by atoms with Gasteiger partial charge in [-0.1, -0.05) is 6.07 Å². The monoisotopic (exact) mass is 481 g/mol. The highest BCUT2D eigenvalue weighted by Gasteiger charge is 2.39. The minimum Gasteiger partial charge on any atom is -0.377 e. The van der Waals surface area contributed by atoms with Crippen LogP contribution < -0.4 is 9.62 Å². The molecule has 0 aliphatic carbocycles. The molecule has 6 rings (SSSR count). The van der Waals surface area contributed by atoms with E-state index in [1.54, 1.807) is 23.2 Å². The van der Waals surface area contributed by atoms with Crippen LogP contribution in [0, 0.1) is 0 Å². The summed E-state index contributed by atoms with van der Waals surface area (Å²) < 4.78 is 35.3. The van der Waals surface area contributed by atoms with Gasteiger partial charge in [-0.15, -0.1) is 0 Å². The summed E-state index contributed by atoms with van der Waals surface area (Å²) in [6, 6.07) is 8.56. The average Bonchev–Trinajstić information content (AvgIpc) is 3.41. The summed E-state index contributed by atoms with van der Waals surface area (Å²) in [5.41, 5.74) is 1.61. The number of fused-ring (bicyclic) bond motifs is 6. The molecule has 3 aromatic rings. The second-order valence-electron chi connectivity index (χ2n) is 8.57. The summed E-state index contributed by atoms with van der Waals surface area (Å²) in [4.78, 5) is 26.2. The van der Waals surface area contributed by atoms with Crippen LogP contribution in [0.2, 0.25) is 0 Å². The number of amides is 1. The molecule has 5 heterocycles. The highest BCUT2D eigenvalue weighted by atomic mass is 32.2. The number of nitrogens with one attached hydrogen (secondary N) is 1. The Balaban J connectivity index is 1.36. The molecule has 1 aromatic carbocycles. The number of carbonyl (C=O) groups excluding carboxylic acids is 1. The Kier molecular flexibility index (Phi) is 4.81. The third-order valence-electron chi connectivity index (χ3n) is 6.50. The van der Waals surface area contributed by atoms with Crippen molar-refractivity contribution in [3.8, 4) is 5.69 Å². The van der Waals surface area contributed by atoms with Gasteiger partial charge < -0.3 is 14.5 Å². The van der Waals surface area contributed by atoms with Crippen LogP contribution in [0.15, 0.2) is 47.8 Å². The van der Waals surface area contributed by atoms with Crippen LogP contribution >= 0.6 is 0 Å². The van der Waals surface area contributed by atoms with E-state index >= 15 is 0 Å². The average molecular weight is 482 g/mol. The third-order valence-corrected chi connectivity index (χ3v) is 7.85. The molecule has 34 heavy (non-hydrogen) atoms. The van der Waals surface area contributed by atoms with E-state index < -0.39 is 10.0 Å². The van der Waals surface area contributed by atoms with Crippen LogP contribution in [0.5, 0.6) is 0 Å². The van der Waals surface area contributed by atoms with Crippen LogP contribution in [0.4, 0.5) is 11.8 Å². The number of hydrogen-bond donors (Lipinski definition) is 1. The van der Waals surface area contributed by atoms with Crippen molar-refractivity contribution in [2.75, 3.05) is 29.3 Å². The van der Waals surface area contributed by atoms with E-state index in [2.05, 4.69) is 24.7 Å². The Bertz CT molecular complexity index is 1390. The number of benzene rings is 1. The Morgan fingerprint density at radius 3 is 2.97 bits per heavy atom. The summed E-state index contributed by atoms with van der Waals surface area (Å²) in [6.07, 6.45) is 3.92. The van der Waals surface area contributed by atoms with Gasteiger partial charge >= 0.3 is 0 Å². The lowest BCUT2D eigenvalue weighted by Crippen LogP contribution is -2.40. The first kappa shape index (κ1) is 21.1. The first-order chi connectivity index (χ1) is 16.4. The smallest absolute Gasteiger partial charge is 0.266 e. The maximum Gasteiger partial charge on any atom is 0.266 e. The molecule has 1 amide bonds. The van der Waals surface area contributed by atoms with E-state index in [0.29, 0.717) is 30.9 Å². The molecule has 11 nitrogen and oxygen atoms in total. The summed E-state index contributed by atoms with van der Waals surface area (Å²) in [6.45, 7) is 4.23. The molecule has 1 N–H and O–H groups in total. The van der Waals surface area contributed by atoms with E-state index in [4.69, 9.17) is 4.74 Å². The van der Waals surface area contributed by atoms with Gasteiger partial charge in [0, 0.05) is 43.6 Å². The topological polar surface area (TPSA) is 123 Å². The van der Waals surface area contributed by atoms with Crippen molar-refractivity contribution in [1.82, 2.24) is 24.6 Å². The Morgan fingerprint density at radius 2 is 2.12 bits per heavy atom. The zero-order valence-corrected chi connectivity index (χ0v) is 19.3. The molecule has 1 saturated heterocycles. The number of hydrogen-bond acceptors (Lipinski definition) is 8. The normalized spacial score (nSPS) is 22.1. The van der Waals surface area contributed by atoms with Crippen LogP contribution in [-0.4, -0.2) is 70.8 Å². The van der Waals surface area contributed by atoms with Crippen molar-refractivity contribution in [1.29, 1.82) is 0 Å². The van der Waals surface area contributed by atoms with Crippen molar-refractivity contribution >= 4 is 27.7 Å². The summed E-state index contributed by atoms with van der Waals surface area (Å²) in [7, 11) is -3.87. The van der Waals surface area contributed by atoms with E-state index in [0.717, 1.165) is 24.3 Å². The van der Waals surface area contributed by atoms with Crippen LogP contribution in [0.25, 0.3) is 5.69 Å². The standard InChI is InChI=1S/C22H23N7O4S/c1-2-33-17-9-16-11-27(10-15-4-3-7-23-20(15)28(16)12-17)21(30)14-5-6-18-19(8-14)34(31,32)26-22-24-13-25-29(18)22/h3-8,13,16-17H,2,9-12H2,1H3,(H,24,25,26)/t16-,17+/m0/s1. The van der Waals surface area contributed by atoms with Crippen molar-refractivity contribution in [3.63, 3.8) is 0 Å². The van der Waals surface area contributed by atoms with E-state index in [1.165, 1.54) is 17.1 Å². The molecule has 0 unspecified atom stereocenters. The Labute approximate surface area is 196 Å². The highest BCUT2D eigenvalue weighted by molar-refractivity contribution is 7.93. The Morgan fingerprint density at radius 1 is 1.24 bits per heavy atom. The predicted molar refractivity (Wildman–Crippen MR) is 122 cm³/mol. The maximum absolute atomic E-state index is 13.7. The number of nitrogens with zero attached hydrogens (tertiary/aromatic N) is 6. The van der Waals surface area contributed by atoms with Crippen molar-refractivity contribution in [2.45, 2.75) is 36.9 Å². The zero-order chi connectivity index (χ0) is 23.4. The molecule has 0 spiro atoms. The number of sulfonamides is 1. The van der Waals surface area contributed by atoms with Crippen molar-refractivity contribution < 1.29 is 17.9 Å². The largest absolute Gasteiger partial charge is 0.377 e. The lowest BCUT2D eigenvalue weighted by atomic mass is 10.1. The van der Waals surface area contributed by atoms with E-state index in [9.17, 15) is 13.2 Å². The molecule has 2 atom stereocenters. The molecular weight excluding hydrogens is 458 g/mol. The van der Waals surface area contributed by atoms with Gasteiger partial charge in [0.05, 0.1) is 17.8 Å². The fourth-order valence-electron chi connectivity index (χ4n) is 5.04. The van der Waals surface area contributed by atoms with Gasteiger partial charge in [0.1, 0.15) is 17.0 Å². The van der Waals surface area contributed by atoms with Gasteiger partial charge in [-0.2, -0.15) is 14.8 Å². The lowest BCUT2D eigenvalue weighted by Gasteiger charge is -2.27. The number of pyridine rings is 1. The van der Waals surface area contributed by atoms with Gasteiger partial charge in [0.25, 0.3) is 15.9 Å². The van der Waals surface area contributed by atoms with Crippen LogP contribution in [0.3, 0.4) is 0 Å². The van der Waals surface area contributed by atoms with Gasteiger partial charge in [-0.25, -0.2) is 18.1 Å². The molecule has 2 aromatic heterocycles. The number of carbonyl (C=O) groups is 1. The van der Waals surface area contributed by atoms with Crippen LogP contribution in [0.1, 0.15) is 29.3 Å². The molecular formula is C22H23N7O4S. The minimum atomic E-state index is -3.87. The zero-order valence-electron chi connectivity index (χ0n) is 18.5. The molecule has 3 aliphatic rings. The van der Waals surface area contributed by atoms with Gasteiger partial charge in [0.15, 0.2) is 0 Å².